The summed E-state index contributed by atoms with van der Waals surface area (Å²) in [6.07, 6.45) is 1.64. The van der Waals surface area contributed by atoms with Gasteiger partial charge in [0.15, 0.2) is 15.8 Å². The Labute approximate surface area is 242 Å². The maximum absolute atomic E-state index is 14.0. The smallest absolute Gasteiger partial charge is 0.285 e. The zero-order valence-corrected chi connectivity index (χ0v) is 24.2. The van der Waals surface area contributed by atoms with Crippen LogP contribution in [0.2, 0.25) is 5.02 Å². The van der Waals surface area contributed by atoms with Crippen molar-refractivity contribution < 1.29 is 23.5 Å². The van der Waals surface area contributed by atoms with E-state index in [1.807, 2.05) is 13.8 Å². The topological polar surface area (TPSA) is 67.9 Å². The first-order chi connectivity index (χ1) is 18.2. The van der Waals surface area contributed by atoms with Gasteiger partial charge < -0.3 is 9.47 Å². The number of hydrogen-bond donors (Lipinski definition) is 1. The number of aryl methyl sites for hydroxylation is 1. The Hall–Kier alpha value is -2.92. The summed E-state index contributed by atoms with van der Waals surface area (Å²) in [6, 6.07) is 14.8. The second-order valence-electron chi connectivity index (χ2n) is 8.08. The van der Waals surface area contributed by atoms with Gasteiger partial charge in [0, 0.05) is 5.56 Å². The first-order valence-electron chi connectivity index (χ1n) is 11.4. The Morgan fingerprint density at radius 2 is 1.97 bits per heavy atom. The average molecular weight is 636 g/mol. The molecular formula is C27H21BrClFN2O4S2. The molecule has 0 spiro atoms. The summed E-state index contributed by atoms with van der Waals surface area (Å²) in [4.78, 5) is 26.1. The third kappa shape index (κ3) is 6.37. The van der Waals surface area contributed by atoms with Gasteiger partial charge in [0.1, 0.15) is 12.4 Å². The van der Waals surface area contributed by atoms with Crippen molar-refractivity contribution >= 4 is 73.7 Å². The second-order valence-corrected chi connectivity index (χ2v) is 11.0. The molecular weight excluding hydrogens is 615 g/mol. The number of thioether (sulfide) groups is 1. The van der Waals surface area contributed by atoms with Crippen molar-refractivity contribution in [2.45, 2.75) is 20.5 Å². The highest BCUT2D eigenvalue weighted by molar-refractivity contribution is 9.10. The number of halogens is 3. The number of benzene rings is 3. The van der Waals surface area contributed by atoms with Gasteiger partial charge in [-0.3, -0.25) is 15.0 Å². The molecule has 0 aliphatic carbocycles. The fourth-order valence-electron chi connectivity index (χ4n) is 3.52. The molecule has 0 unspecified atom stereocenters. The Morgan fingerprint density at radius 3 is 2.68 bits per heavy atom. The third-order valence-electron chi connectivity index (χ3n) is 5.34. The highest BCUT2D eigenvalue weighted by Gasteiger charge is 2.34. The summed E-state index contributed by atoms with van der Waals surface area (Å²) in [5.74, 6) is -0.572. The quantitative estimate of drug-likeness (QED) is 0.211. The van der Waals surface area contributed by atoms with Crippen molar-refractivity contribution in [2.75, 3.05) is 6.61 Å². The van der Waals surface area contributed by atoms with E-state index >= 15 is 0 Å². The fraction of sp³-hybridized carbons (Fsp3) is 0.148. The lowest BCUT2D eigenvalue weighted by Gasteiger charge is -2.16. The predicted molar refractivity (Wildman–Crippen MR) is 155 cm³/mol. The molecule has 11 heteroatoms. The van der Waals surface area contributed by atoms with Crippen LogP contribution in [0, 0.1) is 12.7 Å². The van der Waals surface area contributed by atoms with Crippen LogP contribution in [0.5, 0.6) is 11.5 Å². The number of carbonyl (C=O) groups is 2. The molecule has 6 nitrogen and oxygen atoms in total. The largest absolute Gasteiger partial charge is 0.490 e. The molecule has 1 heterocycles. The van der Waals surface area contributed by atoms with Crippen LogP contribution >= 0.6 is 51.5 Å². The van der Waals surface area contributed by atoms with Gasteiger partial charge >= 0.3 is 0 Å². The molecule has 1 aliphatic heterocycles. The van der Waals surface area contributed by atoms with E-state index in [9.17, 15) is 14.0 Å². The first kappa shape index (κ1) is 28.1. The molecule has 1 N–H and O–H groups in total. The van der Waals surface area contributed by atoms with Crippen molar-refractivity contribution in [1.82, 2.24) is 10.4 Å². The summed E-state index contributed by atoms with van der Waals surface area (Å²) in [5, 5.41) is 1.29. The number of rotatable bonds is 8. The number of hydrazine groups is 1. The standard InChI is InChI=1S/C27H21BrClFN2O4S2/c1-3-35-22-12-16(11-19(28)24(22)36-14-17-6-4-5-7-21(17)30)13-23-26(34)32(27(37)38-23)31-25(33)18-9-8-15(2)10-20(18)29/h4-13H,3,14H2,1-2H3,(H,31,33)/b23-13-. The Balaban J connectivity index is 1.54. The van der Waals surface area contributed by atoms with Crippen LogP contribution in [0.25, 0.3) is 6.08 Å². The van der Waals surface area contributed by atoms with Crippen LogP contribution in [0.15, 0.2) is 64.0 Å². The van der Waals surface area contributed by atoms with Crippen LogP contribution in [0.4, 0.5) is 4.39 Å². The van der Waals surface area contributed by atoms with Crippen molar-refractivity contribution in [2.24, 2.45) is 0 Å². The summed E-state index contributed by atoms with van der Waals surface area (Å²) >= 11 is 16.1. The van der Waals surface area contributed by atoms with E-state index in [1.165, 1.54) is 6.07 Å². The number of ether oxygens (including phenoxy) is 2. The van der Waals surface area contributed by atoms with Gasteiger partial charge in [0.05, 0.1) is 26.6 Å². The molecule has 0 bridgehead atoms. The molecule has 3 aromatic rings. The molecule has 4 rings (SSSR count). The lowest BCUT2D eigenvalue weighted by atomic mass is 10.1. The molecule has 0 atom stereocenters. The molecule has 3 aromatic carbocycles. The van der Waals surface area contributed by atoms with Crippen LogP contribution in [-0.2, 0) is 11.4 Å². The van der Waals surface area contributed by atoms with E-state index in [1.54, 1.807) is 54.6 Å². The fourth-order valence-corrected chi connectivity index (χ4v) is 5.60. The van der Waals surface area contributed by atoms with E-state index in [2.05, 4.69) is 21.4 Å². The summed E-state index contributed by atoms with van der Waals surface area (Å²) in [5.41, 5.74) is 4.70. The minimum absolute atomic E-state index is 0.00799. The highest BCUT2D eigenvalue weighted by Crippen LogP contribution is 2.39. The molecule has 1 aliphatic rings. The summed E-state index contributed by atoms with van der Waals surface area (Å²) in [7, 11) is 0. The summed E-state index contributed by atoms with van der Waals surface area (Å²) in [6.45, 7) is 4.06. The van der Waals surface area contributed by atoms with Gasteiger partial charge in [-0.25, -0.2) is 4.39 Å². The minimum atomic E-state index is -0.551. The van der Waals surface area contributed by atoms with Crippen molar-refractivity contribution in [1.29, 1.82) is 0 Å². The number of carbonyl (C=O) groups excluding carboxylic acids is 2. The second kappa shape index (κ2) is 12.3. The lowest BCUT2D eigenvalue weighted by Crippen LogP contribution is -2.44. The molecule has 2 amide bonds. The van der Waals surface area contributed by atoms with Gasteiger partial charge in [-0.1, -0.05) is 47.6 Å². The molecule has 0 saturated carbocycles. The average Bonchev–Trinajstić information content (AvgIpc) is 3.12. The Bertz CT molecular complexity index is 1470. The van der Waals surface area contributed by atoms with Crippen LogP contribution in [-0.4, -0.2) is 27.8 Å². The monoisotopic (exact) mass is 634 g/mol. The van der Waals surface area contributed by atoms with Gasteiger partial charge in [-0.15, -0.1) is 0 Å². The van der Waals surface area contributed by atoms with Gasteiger partial charge in [0.25, 0.3) is 11.8 Å². The van der Waals surface area contributed by atoms with Gasteiger partial charge in [-0.05, 0) is 89.5 Å². The minimum Gasteiger partial charge on any atom is -0.490 e. The first-order valence-corrected chi connectivity index (χ1v) is 13.7. The van der Waals surface area contributed by atoms with Crippen LogP contribution in [0.3, 0.4) is 0 Å². The van der Waals surface area contributed by atoms with E-state index in [-0.39, 0.29) is 27.3 Å². The molecule has 0 aromatic heterocycles. The molecule has 1 fully saturated rings. The normalized spacial score (nSPS) is 14.2. The number of thiocarbonyl (C=S) groups is 1. The molecule has 0 radical (unpaired) electrons. The van der Waals surface area contributed by atoms with Crippen molar-refractivity contribution in [3.05, 3.63) is 97.1 Å². The maximum Gasteiger partial charge on any atom is 0.285 e. The summed E-state index contributed by atoms with van der Waals surface area (Å²) < 4.78 is 26.4. The molecule has 1 saturated heterocycles. The SMILES string of the molecule is CCOc1cc(/C=C2\SC(=S)N(NC(=O)c3ccc(C)cc3Cl)C2=O)cc(Br)c1OCc1ccccc1F. The third-order valence-corrected chi connectivity index (χ3v) is 7.54. The van der Waals surface area contributed by atoms with Crippen LogP contribution in [0.1, 0.15) is 34.0 Å². The zero-order valence-electron chi connectivity index (χ0n) is 20.2. The Morgan fingerprint density at radius 1 is 1.21 bits per heavy atom. The van der Waals surface area contributed by atoms with E-state index in [4.69, 9.17) is 33.3 Å². The number of nitrogens with one attached hydrogen (secondary N) is 1. The zero-order chi connectivity index (χ0) is 27.4. The van der Waals surface area contributed by atoms with Gasteiger partial charge in [0.2, 0.25) is 0 Å². The van der Waals surface area contributed by atoms with Gasteiger partial charge in [-0.2, -0.15) is 5.01 Å². The Kier molecular flexibility index (Phi) is 9.09. The highest BCUT2D eigenvalue weighted by atomic mass is 79.9. The number of amides is 2. The molecule has 196 valence electrons. The maximum atomic E-state index is 14.0. The number of nitrogens with zero attached hydrogens (tertiary/aromatic N) is 1. The van der Waals surface area contributed by atoms with Crippen molar-refractivity contribution in [3.63, 3.8) is 0 Å². The van der Waals surface area contributed by atoms with Crippen molar-refractivity contribution in [3.8, 4) is 11.5 Å². The predicted octanol–water partition coefficient (Wildman–Crippen LogP) is 7.07. The van der Waals surface area contributed by atoms with Crippen LogP contribution < -0.4 is 14.9 Å². The van der Waals surface area contributed by atoms with E-state index in [0.717, 1.165) is 22.3 Å². The lowest BCUT2D eigenvalue weighted by molar-refractivity contribution is -0.123. The molecule has 38 heavy (non-hydrogen) atoms. The van der Waals surface area contributed by atoms with E-state index in [0.29, 0.717) is 38.6 Å². The number of hydrogen-bond acceptors (Lipinski definition) is 6. The van der Waals surface area contributed by atoms with E-state index < -0.39 is 11.8 Å².